The third-order valence-electron chi connectivity index (χ3n) is 2.61. The van der Waals surface area contributed by atoms with E-state index < -0.39 is 10.0 Å². The molecular weight excluding hydrogens is 292 g/mol. The van der Waals surface area contributed by atoms with Crippen LogP contribution in [0.2, 0.25) is 0 Å². The zero-order valence-electron chi connectivity index (χ0n) is 11.5. The summed E-state index contributed by atoms with van der Waals surface area (Å²) in [5.74, 6) is 1.44. The van der Waals surface area contributed by atoms with Crippen LogP contribution >= 0.6 is 0 Å². The van der Waals surface area contributed by atoms with Gasteiger partial charge in [0.05, 0.1) is 7.11 Å². The molecular formula is C14H16N2O4S. The van der Waals surface area contributed by atoms with Crippen LogP contribution in [-0.4, -0.2) is 32.9 Å². The lowest BCUT2D eigenvalue weighted by atomic mass is 10.3. The van der Waals surface area contributed by atoms with Crippen molar-refractivity contribution in [2.75, 3.05) is 24.2 Å². The molecule has 1 heterocycles. The van der Waals surface area contributed by atoms with E-state index in [0.29, 0.717) is 17.3 Å². The van der Waals surface area contributed by atoms with Gasteiger partial charge in [-0.15, -0.1) is 0 Å². The van der Waals surface area contributed by atoms with Crippen LogP contribution < -0.4 is 14.2 Å². The first-order chi connectivity index (χ1) is 10.1. The third kappa shape index (κ3) is 4.96. The van der Waals surface area contributed by atoms with Crippen LogP contribution in [0, 0.1) is 0 Å². The molecule has 0 spiro atoms. The van der Waals surface area contributed by atoms with Crippen molar-refractivity contribution in [1.82, 2.24) is 4.98 Å². The Morgan fingerprint density at radius 1 is 1.10 bits per heavy atom. The Morgan fingerprint density at radius 2 is 1.81 bits per heavy atom. The zero-order chi connectivity index (χ0) is 15.1. The van der Waals surface area contributed by atoms with Crippen molar-refractivity contribution < 1.29 is 17.9 Å². The van der Waals surface area contributed by atoms with Gasteiger partial charge in [0.25, 0.3) is 0 Å². The van der Waals surface area contributed by atoms with Gasteiger partial charge in [0.1, 0.15) is 29.7 Å². The smallest absolute Gasteiger partial charge is 0.237 e. The maximum atomic E-state index is 11.8. The maximum Gasteiger partial charge on any atom is 0.237 e. The Hall–Kier alpha value is -2.28. The van der Waals surface area contributed by atoms with Gasteiger partial charge in [0, 0.05) is 6.20 Å². The fraction of sp³-hybridized carbons (Fsp3) is 0.214. The van der Waals surface area contributed by atoms with Crippen molar-refractivity contribution in [2.24, 2.45) is 0 Å². The molecule has 0 fully saturated rings. The summed E-state index contributed by atoms with van der Waals surface area (Å²) < 4.78 is 36.5. The fourth-order valence-electron chi connectivity index (χ4n) is 1.57. The SMILES string of the molecule is COc1ccc(OCCS(=O)(=O)Nc2ccccn2)cc1. The summed E-state index contributed by atoms with van der Waals surface area (Å²) in [4.78, 5) is 3.90. The number of ether oxygens (including phenoxy) is 2. The van der Waals surface area contributed by atoms with Crippen LogP contribution in [0.3, 0.4) is 0 Å². The predicted molar refractivity (Wildman–Crippen MR) is 80.1 cm³/mol. The zero-order valence-corrected chi connectivity index (χ0v) is 12.3. The Labute approximate surface area is 123 Å². The molecule has 0 aliphatic rings. The van der Waals surface area contributed by atoms with Crippen LogP contribution in [0.5, 0.6) is 11.5 Å². The first-order valence-corrected chi connectivity index (χ1v) is 7.93. The van der Waals surface area contributed by atoms with E-state index in [2.05, 4.69) is 9.71 Å². The molecule has 0 amide bonds. The summed E-state index contributed by atoms with van der Waals surface area (Å²) in [6.07, 6.45) is 1.52. The number of sulfonamides is 1. The molecule has 0 aliphatic heterocycles. The lowest BCUT2D eigenvalue weighted by Gasteiger charge is -2.09. The Balaban J connectivity index is 1.84. The second-order valence-electron chi connectivity index (χ2n) is 4.16. The number of pyridine rings is 1. The van der Waals surface area contributed by atoms with E-state index in [9.17, 15) is 8.42 Å². The second kappa shape index (κ2) is 6.94. The van der Waals surface area contributed by atoms with Gasteiger partial charge in [-0.1, -0.05) is 6.07 Å². The highest BCUT2D eigenvalue weighted by Gasteiger charge is 2.11. The van der Waals surface area contributed by atoms with E-state index >= 15 is 0 Å². The lowest BCUT2D eigenvalue weighted by Crippen LogP contribution is -2.21. The highest BCUT2D eigenvalue weighted by Crippen LogP contribution is 2.17. The van der Waals surface area contributed by atoms with E-state index in [4.69, 9.17) is 9.47 Å². The molecule has 1 N–H and O–H groups in total. The van der Waals surface area contributed by atoms with E-state index in [1.165, 1.54) is 6.20 Å². The number of hydrogen-bond acceptors (Lipinski definition) is 5. The van der Waals surface area contributed by atoms with E-state index in [1.807, 2.05) is 0 Å². The molecule has 112 valence electrons. The minimum atomic E-state index is -3.48. The summed E-state index contributed by atoms with van der Waals surface area (Å²) in [6, 6.07) is 11.9. The normalized spacial score (nSPS) is 10.9. The van der Waals surface area contributed by atoms with Gasteiger partial charge in [-0.2, -0.15) is 0 Å². The van der Waals surface area contributed by atoms with Gasteiger partial charge < -0.3 is 9.47 Å². The molecule has 0 unspecified atom stereocenters. The van der Waals surface area contributed by atoms with Gasteiger partial charge in [0.15, 0.2) is 0 Å². The van der Waals surface area contributed by atoms with Gasteiger partial charge in [-0.3, -0.25) is 4.72 Å². The molecule has 1 aromatic carbocycles. The molecule has 0 saturated carbocycles. The topological polar surface area (TPSA) is 77.5 Å². The van der Waals surface area contributed by atoms with Gasteiger partial charge in [-0.05, 0) is 36.4 Å². The van der Waals surface area contributed by atoms with Crippen molar-refractivity contribution in [3.05, 3.63) is 48.7 Å². The molecule has 0 aliphatic carbocycles. The molecule has 2 rings (SSSR count). The molecule has 21 heavy (non-hydrogen) atoms. The number of benzene rings is 1. The predicted octanol–water partition coefficient (Wildman–Crippen LogP) is 1.91. The Bertz CT molecular complexity index is 657. The van der Waals surface area contributed by atoms with Gasteiger partial charge in [-0.25, -0.2) is 13.4 Å². The van der Waals surface area contributed by atoms with Crippen LogP contribution in [0.1, 0.15) is 0 Å². The monoisotopic (exact) mass is 308 g/mol. The maximum absolute atomic E-state index is 11.8. The number of aromatic nitrogens is 1. The summed E-state index contributed by atoms with van der Waals surface area (Å²) in [6.45, 7) is 0.0501. The summed E-state index contributed by atoms with van der Waals surface area (Å²) in [7, 11) is -1.90. The molecule has 0 radical (unpaired) electrons. The largest absolute Gasteiger partial charge is 0.497 e. The number of hydrogen-bond donors (Lipinski definition) is 1. The van der Waals surface area contributed by atoms with E-state index in [-0.39, 0.29) is 12.4 Å². The minimum Gasteiger partial charge on any atom is -0.497 e. The molecule has 6 nitrogen and oxygen atoms in total. The molecule has 1 aromatic heterocycles. The lowest BCUT2D eigenvalue weighted by molar-refractivity contribution is 0.340. The second-order valence-corrected chi connectivity index (χ2v) is 6.00. The molecule has 2 aromatic rings. The molecule has 0 saturated heterocycles. The Kier molecular flexibility index (Phi) is 4.99. The number of nitrogens with zero attached hydrogens (tertiary/aromatic N) is 1. The molecule has 0 bridgehead atoms. The van der Waals surface area contributed by atoms with Crippen molar-refractivity contribution in [3.63, 3.8) is 0 Å². The minimum absolute atomic E-state index is 0.0501. The summed E-state index contributed by atoms with van der Waals surface area (Å²) in [5, 5.41) is 0. The number of methoxy groups -OCH3 is 1. The standard InChI is InChI=1S/C14H16N2O4S/c1-19-12-5-7-13(8-6-12)20-10-11-21(17,18)16-14-4-2-3-9-15-14/h2-9H,10-11H2,1H3,(H,15,16). The van der Waals surface area contributed by atoms with E-state index in [1.54, 1.807) is 49.6 Å². The third-order valence-corrected chi connectivity index (χ3v) is 3.83. The van der Waals surface area contributed by atoms with Gasteiger partial charge >= 0.3 is 0 Å². The number of nitrogens with one attached hydrogen (secondary N) is 1. The van der Waals surface area contributed by atoms with Gasteiger partial charge in [0.2, 0.25) is 10.0 Å². The van der Waals surface area contributed by atoms with E-state index in [0.717, 1.165) is 0 Å². The quantitative estimate of drug-likeness (QED) is 0.845. The number of anilines is 1. The fourth-order valence-corrected chi connectivity index (χ4v) is 2.42. The first kappa shape index (κ1) is 15.1. The first-order valence-electron chi connectivity index (χ1n) is 6.27. The number of rotatable bonds is 7. The summed E-state index contributed by atoms with van der Waals surface area (Å²) >= 11 is 0. The van der Waals surface area contributed by atoms with Crippen LogP contribution in [0.4, 0.5) is 5.82 Å². The van der Waals surface area contributed by atoms with Crippen LogP contribution in [0.15, 0.2) is 48.7 Å². The van der Waals surface area contributed by atoms with Crippen molar-refractivity contribution in [3.8, 4) is 11.5 Å². The Morgan fingerprint density at radius 3 is 2.43 bits per heavy atom. The average Bonchev–Trinajstić information content (AvgIpc) is 2.48. The van der Waals surface area contributed by atoms with Crippen molar-refractivity contribution in [2.45, 2.75) is 0 Å². The highest BCUT2D eigenvalue weighted by atomic mass is 32.2. The van der Waals surface area contributed by atoms with Crippen LogP contribution in [-0.2, 0) is 10.0 Å². The summed E-state index contributed by atoms with van der Waals surface area (Å²) in [5.41, 5.74) is 0. The molecule has 7 heteroatoms. The highest BCUT2D eigenvalue weighted by molar-refractivity contribution is 7.92. The molecule has 0 atom stereocenters. The van der Waals surface area contributed by atoms with Crippen molar-refractivity contribution >= 4 is 15.8 Å². The van der Waals surface area contributed by atoms with Crippen LogP contribution in [0.25, 0.3) is 0 Å². The van der Waals surface area contributed by atoms with Crippen molar-refractivity contribution in [1.29, 1.82) is 0 Å². The average molecular weight is 308 g/mol.